The summed E-state index contributed by atoms with van der Waals surface area (Å²) in [5, 5.41) is 0. The Bertz CT molecular complexity index is 188. The number of hydrogen-bond acceptors (Lipinski definition) is 2. The first-order chi connectivity index (χ1) is 6.97. The Morgan fingerprint density at radius 3 is 2.20 bits per heavy atom. The third-order valence-electron chi connectivity index (χ3n) is 2.93. The Morgan fingerprint density at radius 1 is 1.13 bits per heavy atom. The molecule has 0 bridgehead atoms. The molecule has 0 aliphatic heterocycles. The Balaban J connectivity index is 2.33. The molecule has 2 nitrogen and oxygen atoms in total. The van der Waals surface area contributed by atoms with Crippen molar-refractivity contribution in [3.8, 4) is 0 Å². The van der Waals surface area contributed by atoms with Crippen molar-refractivity contribution in [2.75, 3.05) is 13.2 Å². The number of hydrogen-bond donors (Lipinski definition) is 1. The van der Waals surface area contributed by atoms with Gasteiger partial charge in [0.2, 0.25) is 0 Å². The van der Waals surface area contributed by atoms with Crippen LogP contribution < -0.4 is 5.73 Å². The van der Waals surface area contributed by atoms with Crippen LogP contribution in [0.5, 0.6) is 0 Å². The zero-order valence-corrected chi connectivity index (χ0v) is 8.78. The van der Waals surface area contributed by atoms with Crippen LogP contribution in [0.1, 0.15) is 38.5 Å². The number of ether oxygens (including phenoxy) is 1. The largest absolute Gasteiger partial charge is 0.391 e. The van der Waals surface area contributed by atoms with E-state index in [1.807, 2.05) is 0 Å². The fourth-order valence-electron chi connectivity index (χ4n) is 1.99. The number of nitrogens with two attached hydrogens (primary N) is 1. The molecule has 0 aromatic carbocycles. The van der Waals surface area contributed by atoms with Crippen molar-refractivity contribution in [2.45, 2.75) is 50.3 Å². The lowest BCUT2D eigenvalue weighted by Gasteiger charge is -2.36. The minimum atomic E-state index is -4.13. The van der Waals surface area contributed by atoms with E-state index in [1.54, 1.807) is 0 Å². The molecule has 0 unspecified atom stereocenters. The van der Waals surface area contributed by atoms with E-state index in [0.29, 0.717) is 6.54 Å². The van der Waals surface area contributed by atoms with Gasteiger partial charge in [-0.2, -0.15) is 13.2 Å². The molecule has 1 rings (SSSR count). The summed E-state index contributed by atoms with van der Waals surface area (Å²) in [6, 6.07) is 0. The molecule has 1 aliphatic rings. The highest BCUT2D eigenvalue weighted by Crippen LogP contribution is 2.31. The summed E-state index contributed by atoms with van der Waals surface area (Å²) >= 11 is 0. The van der Waals surface area contributed by atoms with Gasteiger partial charge in [-0.25, -0.2) is 0 Å². The van der Waals surface area contributed by atoms with Crippen LogP contribution in [0.25, 0.3) is 0 Å². The minimum absolute atomic E-state index is 0.263. The quantitative estimate of drug-likeness (QED) is 0.798. The van der Waals surface area contributed by atoms with E-state index < -0.39 is 18.2 Å². The third kappa shape index (κ3) is 4.38. The highest BCUT2D eigenvalue weighted by atomic mass is 19.4. The van der Waals surface area contributed by atoms with Gasteiger partial charge in [0, 0.05) is 6.54 Å². The molecular formula is C10H18F3NO. The zero-order chi connectivity index (χ0) is 11.4. The predicted octanol–water partition coefficient (Wildman–Crippen LogP) is 2.62. The van der Waals surface area contributed by atoms with Crippen molar-refractivity contribution < 1.29 is 17.9 Å². The van der Waals surface area contributed by atoms with Crippen LogP contribution >= 0.6 is 0 Å². The fourth-order valence-corrected chi connectivity index (χ4v) is 1.99. The van der Waals surface area contributed by atoms with Crippen molar-refractivity contribution in [3.05, 3.63) is 0 Å². The maximum absolute atomic E-state index is 11.9. The second-order valence-corrected chi connectivity index (χ2v) is 4.16. The predicted molar refractivity (Wildman–Crippen MR) is 51.5 cm³/mol. The van der Waals surface area contributed by atoms with Crippen LogP contribution in [0.15, 0.2) is 0 Å². The standard InChI is InChI=1S/C10H18F3NO/c11-10(12,13)6-7-15-9(8-14)4-2-1-3-5-9/h1-8,14H2. The number of rotatable bonds is 4. The summed E-state index contributed by atoms with van der Waals surface area (Å²) in [5.74, 6) is 0. The van der Waals surface area contributed by atoms with Crippen LogP contribution in [0, 0.1) is 0 Å². The molecule has 0 saturated heterocycles. The normalized spacial score (nSPS) is 21.6. The molecule has 0 atom stereocenters. The summed E-state index contributed by atoms with van der Waals surface area (Å²) in [6.45, 7) is 0.0611. The molecule has 0 spiro atoms. The summed E-state index contributed by atoms with van der Waals surface area (Å²) in [7, 11) is 0. The second kappa shape index (κ2) is 5.16. The van der Waals surface area contributed by atoms with Crippen LogP contribution in [0.2, 0.25) is 0 Å². The molecule has 2 N–H and O–H groups in total. The molecule has 1 aliphatic carbocycles. The Hall–Kier alpha value is -0.290. The first-order valence-corrected chi connectivity index (χ1v) is 5.38. The minimum Gasteiger partial charge on any atom is -0.373 e. The first-order valence-electron chi connectivity index (χ1n) is 5.38. The molecule has 0 amide bonds. The molecule has 5 heteroatoms. The lowest BCUT2D eigenvalue weighted by Crippen LogP contribution is -2.43. The lowest BCUT2D eigenvalue weighted by atomic mass is 9.85. The highest BCUT2D eigenvalue weighted by molar-refractivity contribution is 4.85. The van der Waals surface area contributed by atoms with Gasteiger partial charge in [-0.3, -0.25) is 0 Å². The topological polar surface area (TPSA) is 35.2 Å². The van der Waals surface area contributed by atoms with Gasteiger partial charge in [0.15, 0.2) is 0 Å². The van der Waals surface area contributed by atoms with E-state index in [9.17, 15) is 13.2 Å². The summed E-state index contributed by atoms with van der Waals surface area (Å²) in [4.78, 5) is 0. The van der Waals surface area contributed by atoms with Crippen LogP contribution in [-0.4, -0.2) is 24.9 Å². The van der Waals surface area contributed by atoms with Crippen molar-refractivity contribution in [1.82, 2.24) is 0 Å². The van der Waals surface area contributed by atoms with Crippen molar-refractivity contribution in [3.63, 3.8) is 0 Å². The molecule has 0 aromatic heterocycles. The summed E-state index contributed by atoms with van der Waals surface area (Å²) in [6.07, 6.45) is -0.293. The maximum atomic E-state index is 11.9. The molecule has 0 aromatic rings. The molecule has 1 fully saturated rings. The van der Waals surface area contributed by atoms with E-state index in [2.05, 4.69) is 0 Å². The smallest absolute Gasteiger partial charge is 0.373 e. The first kappa shape index (κ1) is 12.8. The molecule has 90 valence electrons. The third-order valence-corrected chi connectivity index (χ3v) is 2.93. The number of alkyl halides is 3. The van der Waals surface area contributed by atoms with Gasteiger partial charge in [-0.05, 0) is 12.8 Å². The van der Waals surface area contributed by atoms with E-state index >= 15 is 0 Å². The van der Waals surface area contributed by atoms with E-state index in [4.69, 9.17) is 10.5 Å². The second-order valence-electron chi connectivity index (χ2n) is 4.16. The molecule has 0 radical (unpaired) electrons. The van der Waals surface area contributed by atoms with Gasteiger partial charge in [0.05, 0.1) is 18.6 Å². The van der Waals surface area contributed by atoms with Crippen molar-refractivity contribution >= 4 is 0 Å². The van der Waals surface area contributed by atoms with Crippen LogP contribution in [0.3, 0.4) is 0 Å². The lowest BCUT2D eigenvalue weighted by molar-refractivity contribution is -0.161. The van der Waals surface area contributed by atoms with Gasteiger partial charge in [0.25, 0.3) is 0 Å². The molecule has 15 heavy (non-hydrogen) atoms. The van der Waals surface area contributed by atoms with E-state index in [0.717, 1.165) is 32.1 Å². The van der Waals surface area contributed by atoms with Gasteiger partial charge < -0.3 is 10.5 Å². The summed E-state index contributed by atoms with van der Waals surface area (Å²) in [5.41, 5.74) is 5.10. The Kier molecular flexibility index (Phi) is 4.40. The van der Waals surface area contributed by atoms with E-state index in [-0.39, 0.29) is 6.61 Å². The van der Waals surface area contributed by atoms with Crippen LogP contribution in [0.4, 0.5) is 13.2 Å². The Morgan fingerprint density at radius 2 is 1.73 bits per heavy atom. The summed E-state index contributed by atoms with van der Waals surface area (Å²) < 4.78 is 41.1. The van der Waals surface area contributed by atoms with Gasteiger partial charge >= 0.3 is 6.18 Å². The van der Waals surface area contributed by atoms with Gasteiger partial charge in [-0.1, -0.05) is 19.3 Å². The van der Waals surface area contributed by atoms with Gasteiger partial charge in [0.1, 0.15) is 0 Å². The number of halogens is 3. The maximum Gasteiger partial charge on any atom is 0.391 e. The fraction of sp³-hybridized carbons (Fsp3) is 1.00. The average molecular weight is 225 g/mol. The molecule has 1 saturated carbocycles. The van der Waals surface area contributed by atoms with Gasteiger partial charge in [-0.15, -0.1) is 0 Å². The van der Waals surface area contributed by atoms with E-state index in [1.165, 1.54) is 0 Å². The SMILES string of the molecule is NCC1(OCCC(F)(F)F)CCCCC1. The zero-order valence-electron chi connectivity index (χ0n) is 8.78. The van der Waals surface area contributed by atoms with Crippen LogP contribution in [-0.2, 0) is 4.74 Å². The van der Waals surface area contributed by atoms with Crippen molar-refractivity contribution in [1.29, 1.82) is 0 Å². The molecular weight excluding hydrogens is 207 g/mol. The van der Waals surface area contributed by atoms with Crippen molar-refractivity contribution in [2.24, 2.45) is 5.73 Å². The average Bonchev–Trinajstić information content (AvgIpc) is 2.17. The monoisotopic (exact) mass is 225 g/mol. The Labute approximate surface area is 88.0 Å². The highest BCUT2D eigenvalue weighted by Gasteiger charge is 2.33. The molecule has 0 heterocycles.